The number of carbonyl (C=O) groups excluding carboxylic acids is 2. The molecular weight excluding hydrogens is 558 g/mol. The molecule has 6 rings (SSSR count). The van der Waals surface area contributed by atoms with E-state index >= 15 is 0 Å². The highest BCUT2D eigenvalue weighted by molar-refractivity contribution is 6.06. The maximum atomic E-state index is 14.2. The van der Waals surface area contributed by atoms with Gasteiger partial charge in [-0.2, -0.15) is 0 Å². The standard InChI is InChI=1S/C40H45NO4/c1-6-44-35-21-29(17-18-34(35)45-26-28-15-11-8-12-16-28)36-37-30(22-39(2,3)24-32(37)42)41(20-19-27-13-9-7-10-14-27)31-23-40(4,5)25-33(43)38(31)36/h7-18,21,36H,6,19-20,22-26H2,1-5H3. The Hall–Kier alpha value is -4.12. The van der Waals surface area contributed by atoms with Crippen LogP contribution in [-0.2, 0) is 22.6 Å². The highest BCUT2D eigenvalue weighted by atomic mass is 16.5. The molecule has 0 amide bonds. The highest BCUT2D eigenvalue weighted by Gasteiger charge is 2.49. The lowest BCUT2D eigenvalue weighted by molar-refractivity contribution is -0.119. The summed E-state index contributed by atoms with van der Waals surface area (Å²) >= 11 is 0. The number of nitrogens with zero attached hydrogens (tertiary/aromatic N) is 1. The third kappa shape index (κ3) is 6.49. The van der Waals surface area contributed by atoms with Gasteiger partial charge in [-0.05, 0) is 65.8 Å². The van der Waals surface area contributed by atoms with Crippen LogP contribution in [0.5, 0.6) is 11.5 Å². The Bertz CT molecular complexity index is 1590. The Morgan fingerprint density at radius 1 is 0.689 bits per heavy atom. The summed E-state index contributed by atoms with van der Waals surface area (Å²) in [6, 6.07) is 26.5. The Balaban J connectivity index is 1.46. The van der Waals surface area contributed by atoms with Crippen LogP contribution in [0.1, 0.15) is 82.9 Å². The maximum absolute atomic E-state index is 14.2. The number of hydrogen-bond acceptors (Lipinski definition) is 5. The molecule has 0 N–H and O–H groups in total. The molecule has 0 saturated heterocycles. The quantitative estimate of drug-likeness (QED) is 0.245. The fraction of sp³-hybridized carbons (Fsp3) is 0.400. The zero-order chi connectivity index (χ0) is 31.8. The van der Waals surface area contributed by atoms with E-state index < -0.39 is 5.92 Å². The van der Waals surface area contributed by atoms with Crippen LogP contribution in [0.2, 0.25) is 0 Å². The molecule has 5 nitrogen and oxygen atoms in total. The van der Waals surface area contributed by atoms with Crippen molar-refractivity contribution < 1.29 is 19.1 Å². The molecular formula is C40H45NO4. The van der Waals surface area contributed by atoms with Gasteiger partial charge in [-0.3, -0.25) is 9.59 Å². The van der Waals surface area contributed by atoms with E-state index in [-0.39, 0.29) is 22.4 Å². The lowest BCUT2D eigenvalue weighted by Gasteiger charge is -2.49. The molecule has 234 valence electrons. The molecule has 3 aromatic carbocycles. The van der Waals surface area contributed by atoms with Gasteiger partial charge in [0.2, 0.25) is 0 Å². The molecule has 0 spiro atoms. The number of allylic oxidation sites excluding steroid dienone is 4. The second-order valence-electron chi connectivity index (χ2n) is 14.3. The van der Waals surface area contributed by atoms with Crippen molar-refractivity contribution in [1.82, 2.24) is 4.90 Å². The first-order chi connectivity index (χ1) is 21.5. The second-order valence-corrected chi connectivity index (χ2v) is 14.3. The van der Waals surface area contributed by atoms with Gasteiger partial charge in [-0.1, -0.05) is 94.4 Å². The molecule has 45 heavy (non-hydrogen) atoms. The fourth-order valence-electron chi connectivity index (χ4n) is 7.36. The minimum absolute atomic E-state index is 0.141. The predicted molar refractivity (Wildman–Crippen MR) is 178 cm³/mol. The summed E-state index contributed by atoms with van der Waals surface area (Å²) < 4.78 is 12.3. The number of ether oxygens (including phenoxy) is 2. The number of hydrogen-bond donors (Lipinski definition) is 0. The topological polar surface area (TPSA) is 55.8 Å². The zero-order valence-corrected chi connectivity index (χ0v) is 27.3. The smallest absolute Gasteiger partial charge is 0.162 e. The average molecular weight is 604 g/mol. The van der Waals surface area contributed by atoms with Crippen molar-refractivity contribution in [2.45, 2.75) is 79.2 Å². The number of ketones is 2. The first-order valence-corrected chi connectivity index (χ1v) is 16.3. The van der Waals surface area contributed by atoms with Gasteiger partial charge in [-0.15, -0.1) is 0 Å². The number of Topliss-reactive ketones (excluding diaryl/α,β-unsaturated/α-hetero) is 2. The van der Waals surface area contributed by atoms with Crippen molar-refractivity contribution in [3.8, 4) is 11.5 Å². The van der Waals surface area contributed by atoms with Gasteiger partial charge in [0, 0.05) is 47.8 Å². The average Bonchev–Trinajstić information content (AvgIpc) is 2.99. The van der Waals surface area contributed by atoms with E-state index in [0.29, 0.717) is 37.6 Å². The molecule has 3 aliphatic rings. The molecule has 3 aromatic rings. The summed E-state index contributed by atoms with van der Waals surface area (Å²) in [5, 5.41) is 0. The molecule has 0 unspecified atom stereocenters. The predicted octanol–water partition coefficient (Wildman–Crippen LogP) is 8.59. The van der Waals surface area contributed by atoms with Gasteiger partial charge < -0.3 is 14.4 Å². The summed E-state index contributed by atoms with van der Waals surface area (Å²) in [6.07, 6.45) is 3.36. The van der Waals surface area contributed by atoms with Crippen LogP contribution in [0, 0.1) is 10.8 Å². The van der Waals surface area contributed by atoms with Crippen molar-refractivity contribution in [3.63, 3.8) is 0 Å². The van der Waals surface area contributed by atoms with E-state index in [9.17, 15) is 9.59 Å². The second kappa shape index (κ2) is 12.3. The van der Waals surface area contributed by atoms with Crippen LogP contribution in [0.4, 0.5) is 0 Å². The van der Waals surface area contributed by atoms with Gasteiger partial charge in [0.15, 0.2) is 23.1 Å². The third-order valence-electron chi connectivity index (χ3n) is 9.33. The van der Waals surface area contributed by atoms with E-state index in [2.05, 4.69) is 56.9 Å². The Kier molecular flexibility index (Phi) is 8.47. The Morgan fingerprint density at radius 3 is 1.80 bits per heavy atom. The molecule has 1 aliphatic heterocycles. The lowest BCUT2D eigenvalue weighted by atomic mass is 9.63. The molecule has 0 fully saturated rings. The van der Waals surface area contributed by atoms with E-state index in [0.717, 1.165) is 59.5 Å². The fourth-order valence-corrected chi connectivity index (χ4v) is 7.36. The van der Waals surface area contributed by atoms with Crippen LogP contribution in [0.15, 0.2) is 101 Å². The molecule has 0 atom stereocenters. The van der Waals surface area contributed by atoms with Crippen LogP contribution in [0.3, 0.4) is 0 Å². The normalized spacial score (nSPS) is 19.4. The van der Waals surface area contributed by atoms with Crippen molar-refractivity contribution in [1.29, 1.82) is 0 Å². The number of carbonyl (C=O) groups is 2. The highest BCUT2D eigenvalue weighted by Crippen LogP contribution is 2.55. The lowest BCUT2D eigenvalue weighted by Crippen LogP contribution is -2.45. The monoisotopic (exact) mass is 603 g/mol. The van der Waals surface area contributed by atoms with Crippen LogP contribution in [-0.4, -0.2) is 29.6 Å². The van der Waals surface area contributed by atoms with Gasteiger partial charge in [0.1, 0.15) is 6.61 Å². The summed E-state index contributed by atoms with van der Waals surface area (Å²) in [6.45, 7) is 12.3. The zero-order valence-electron chi connectivity index (χ0n) is 27.3. The van der Waals surface area contributed by atoms with Gasteiger partial charge in [0.25, 0.3) is 0 Å². The van der Waals surface area contributed by atoms with Gasteiger partial charge in [-0.25, -0.2) is 0 Å². The summed E-state index contributed by atoms with van der Waals surface area (Å²) in [5.74, 6) is 1.15. The van der Waals surface area contributed by atoms with Gasteiger partial charge >= 0.3 is 0 Å². The van der Waals surface area contributed by atoms with Crippen molar-refractivity contribution in [2.75, 3.05) is 13.2 Å². The first kappa shape index (κ1) is 30.9. The molecule has 0 radical (unpaired) electrons. The Morgan fingerprint density at radius 2 is 1.24 bits per heavy atom. The molecule has 0 aromatic heterocycles. The van der Waals surface area contributed by atoms with Crippen molar-refractivity contribution in [2.24, 2.45) is 10.8 Å². The molecule has 0 saturated carbocycles. The van der Waals surface area contributed by atoms with Crippen molar-refractivity contribution >= 4 is 11.6 Å². The van der Waals surface area contributed by atoms with Crippen LogP contribution < -0.4 is 9.47 Å². The molecule has 2 aliphatic carbocycles. The largest absolute Gasteiger partial charge is 0.490 e. The minimum Gasteiger partial charge on any atom is -0.490 e. The van der Waals surface area contributed by atoms with E-state index in [1.54, 1.807) is 0 Å². The van der Waals surface area contributed by atoms with E-state index in [4.69, 9.17) is 9.47 Å². The molecule has 1 heterocycles. The third-order valence-corrected chi connectivity index (χ3v) is 9.33. The molecule has 0 bridgehead atoms. The van der Waals surface area contributed by atoms with Gasteiger partial charge in [0.05, 0.1) is 6.61 Å². The van der Waals surface area contributed by atoms with Crippen LogP contribution >= 0.6 is 0 Å². The van der Waals surface area contributed by atoms with E-state index in [1.807, 2.05) is 61.5 Å². The summed E-state index contributed by atoms with van der Waals surface area (Å²) in [7, 11) is 0. The van der Waals surface area contributed by atoms with E-state index in [1.165, 1.54) is 5.56 Å². The van der Waals surface area contributed by atoms with Crippen molar-refractivity contribution in [3.05, 3.63) is 118 Å². The maximum Gasteiger partial charge on any atom is 0.162 e. The number of rotatable bonds is 9. The SMILES string of the molecule is CCOc1cc(C2C3=C(CC(C)(C)CC3=O)N(CCc3ccccc3)C3=C2C(=O)CC(C)(C)C3)ccc1OCc1ccccc1. The Labute approximate surface area is 267 Å². The van der Waals surface area contributed by atoms with Crippen LogP contribution in [0.25, 0.3) is 0 Å². The number of benzene rings is 3. The first-order valence-electron chi connectivity index (χ1n) is 16.3. The summed E-state index contributed by atoms with van der Waals surface area (Å²) in [4.78, 5) is 30.8. The minimum atomic E-state index is -0.419. The molecule has 5 heteroatoms. The summed E-state index contributed by atoms with van der Waals surface area (Å²) in [5.41, 5.74) is 6.65.